The van der Waals surface area contributed by atoms with Gasteiger partial charge in [-0.15, -0.1) is 0 Å². The molecule has 2 aromatic carbocycles. The minimum absolute atomic E-state index is 0.0771. The van der Waals surface area contributed by atoms with E-state index in [0.717, 1.165) is 45.9 Å². The van der Waals surface area contributed by atoms with E-state index in [1.807, 2.05) is 62.4 Å². The van der Waals surface area contributed by atoms with Crippen molar-refractivity contribution >= 4 is 45.5 Å². The maximum absolute atomic E-state index is 12.6. The van der Waals surface area contributed by atoms with E-state index in [1.54, 1.807) is 18.3 Å². The summed E-state index contributed by atoms with van der Waals surface area (Å²) in [5, 5.41) is 9.73. The quantitative estimate of drug-likeness (QED) is 0.292. The van der Waals surface area contributed by atoms with E-state index in [0.29, 0.717) is 16.5 Å². The predicted octanol–water partition coefficient (Wildman–Crippen LogP) is 6.17. The van der Waals surface area contributed by atoms with Crippen molar-refractivity contribution in [3.8, 4) is 10.4 Å². The van der Waals surface area contributed by atoms with Gasteiger partial charge >= 0.3 is 0 Å². The number of amides is 2. The first kappa shape index (κ1) is 22.7. The number of benzene rings is 2. The lowest BCUT2D eigenvalue weighted by Gasteiger charge is -2.10. The number of anilines is 4. The minimum atomic E-state index is -0.184. The lowest BCUT2D eigenvalue weighted by molar-refractivity contribution is -0.117. The van der Waals surface area contributed by atoms with E-state index in [2.05, 4.69) is 25.9 Å². The lowest BCUT2D eigenvalue weighted by atomic mass is 10.1. The smallest absolute Gasteiger partial charge is 0.257 e. The second-order valence-electron chi connectivity index (χ2n) is 8.65. The highest BCUT2D eigenvalue weighted by atomic mass is 32.1. The fourth-order valence-electron chi connectivity index (χ4n) is 3.64. The Morgan fingerprint density at radius 3 is 2.49 bits per heavy atom. The SMILES string of the molecule is Cc1ccc(C(=O)Nc2nc(C)c(-c3ccnc(Nc4cccc(NC(=O)C5CC5)c4)c3)s2)cc1. The molecule has 4 aromatic rings. The first-order valence-corrected chi connectivity index (χ1v) is 12.3. The molecule has 8 heteroatoms. The average molecular weight is 484 g/mol. The summed E-state index contributed by atoms with van der Waals surface area (Å²) < 4.78 is 0. The zero-order valence-corrected chi connectivity index (χ0v) is 20.3. The van der Waals surface area contributed by atoms with Crippen LogP contribution in [0, 0.1) is 19.8 Å². The fraction of sp³-hybridized carbons (Fsp3) is 0.185. The van der Waals surface area contributed by atoms with Gasteiger partial charge in [0.05, 0.1) is 10.6 Å². The highest BCUT2D eigenvalue weighted by Gasteiger charge is 2.29. The molecule has 7 nitrogen and oxygen atoms in total. The molecule has 1 aliphatic carbocycles. The predicted molar refractivity (Wildman–Crippen MR) is 140 cm³/mol. The van der Waals surface area contributed by atoms with Crippen LogP contribution in [-0.2, 0) is 4.79 Å². The Morgan fingerprint density at radius 2 is 1.71 bits per heavy atom. The van der Waals surface area contributed by atoms with Crippen molar-refractivity contribution in [1.82, 2.24) is 9.97 Å². The van der Waals surface area contributed by atoms with E-state index in [4.69, 9.17) is 0 Å². The van der Waals surface area contributed by atoms with Crippen LogP contribution in [0.25, 0.3) is 10.4 Å². The first-order chi connectivity index (χ1) is 16.9. The van der Waals surface area contributed by atoms with Crippen molar-refractivity contribution in [2.24, 2.45) is 5.92 Å². The van der Waals surface area contributed by atoms with Crippen LogP contribution < -0.4 is 16.0 Å². The molecular formula is C27H25N5O2S. The first-order valence-electron chi connectivity index (χ1n) is 11.4. The number of thiazole rings is 1. The molecule has 0 spiro atoms. The number of pyridine rings is 1. The zero-order chi connectivity index (χ0) is 24.4. The standard InChI is InChI=1S/C27H25N5O2S/c1-16-6-8-18(9-7-16)26(34)32-27-29-17(2)24(35-27)20-12-13-28-23(14-20)30-21-4-3-5-22(15-21)31-25(33)19-10-11-19/h3-9,12-15,19H,10-11H2,1-2H3,(H,28,30)(H,31,33)(H,29,32,34). The van der Waals surface area contributed by atoms with E-state index >= 15 is 0 Å². The van der Waals surface area contributed by atoms with E-state index in [9.17, 15) is 9.59 Å². The third-order valence-corrected chi connectivity index (χ3v) is 6.83. The van der Waals surface area contributed by atoms with Crippen molar-refractivity contribution in [2.75, 3.05) is 16.0 Å². The summed E-state index contributed by atoms with van der Waals surface area (Å²) in [5.74, 6) is 0.717. The summed E-state index contributed by atoms with van der Waals surface area (Å²) in [6.07, 6.45) is 3.67. The largest absolute Gasteiger partial charge is 0.340 e. The van der Waals surface area contributed by atoms with Crippen molar-refractivity contribution in [2.45, 2.75) is 26.7 Å². The van der Waals surface area contributed by atoms with Gasteiger partial charge in [-0.05, 0) is 74.7 Å². The van der Waals surface area contributed by atoms with Gasteiger partial charge < -0.3 is 10.6 Å². The van der Waals surface area contributed by atoms with Crippen LogP contribution in [0.4, 0.5) is 22.3 Å². The fourth-order valence-corrected chi connectivity index (χ4v) is 4.60. The van der Waals surface area contributed by atoms with E-state index in [1.165, 1.54) is 11.3 Å². The average Bonchev–Trinajstić information content (AvgIpc) is 3.63. The Balaban J connectivity index is 1.30. The van der Waals surface area contributed by atoms with E-state index in [-0.39, 0.29) is 17.7 Å². The molecule has 35 heavy (non-hydrogen) atoms. The van der Waals surface area contributed by atoms with Crippen LogP contribution in [0.1, 0.15) is 34.5 Å². The van der Waals surface area contributed by atoms with Crippen molar-refractivity contribution < 1.29 is 9.59 Å². The number of nitrogens with one attached hydrogen (secondary N) is 3. The van der Waals surface area contributed by atoms with Crippen LogP contribution in [0.5, 0.6) is 0 Å². The van der Waals surface area contributed by atoms with Crippen LogP contribution in [0.3, 0.4) is 0 Å². The molecule has 5 rings (SSSR count). The highest BCUT2D eigenvalue weighted by molar-refractivity contribution is 7.19. The molecule has 2 heterocycles. The second-order valence-corrected chi connectivity index (χ2v) is 9.65. The number of carbonyl (C=O) groups is 2. The van der Waals surface area contributed by atoms with Gasteiger partial charge in [-0.25, -0.2) is 9.97 Å². The molecule has 3 N–H and O–H groups in total. The van der Waals surface area contributed by atoms with Crippen molar-refractivity contribution in [3.05, 3.63) is 83.7 Å². The van der Waals surface area contributed by atoms with Gasteiger partial charge in [0.2, 0.25) is 5.91 Å². The molecule has 0 saturated heterocycles. The highest BCUT2D eigenvalue weighted by Crippen LogP contribution is 2.34. The molecule has 0 unspecified atom stereocenters. The van der Waals surface area contributed by atoms with Gasteiger partial charge in [0.1, 0.15) is 5.82 Å². The molecule has 0 aliphatic heterocycles. The third kappa shape index (κ3) is 5.55. The van der Waals surface area contributed by atoms with Crippen molar-refractivity contribution in [1.29, 1.82) is 0 Å². The molecule has 1 saturated carbocycles. The van der Waals surface area contributed by atoms with Gasteiger partial charge in [-0.2, -0.15) is 0 Å². The summed E-state index contributed by atoms with van der Waals surface area (Å²) in [7, 11) is 0. The van der Waals surface area contributed by atoms with Crippen LogP contribution >= 0.6 is 11.3 Å². The maximum atomic E-state index is 12.6. The van der Waals surface area contributed by atoms with Gasteiger partial charge in [-0.1, -0.05) is 35.1 Å². The zero-order valence-electron chi connectivity index (χ0n) is 19.5. The monoisotopic (exact) mass is 483 g/mol. The molecule has 2 amide bonds. The molecule has 1 aliphatic rings. The lowest BCUT2D eigenvalue weighted by Crippen LogP contribution is -2.13. The Labute approximate surface area is 207 Å². The topological polar surface area (TPSA) is 96.0 Å². The molecule has 176 valence electrons. The number of rotatable bonds is 7. The molecule has 2 aromatic heterocycles. The van der Waals surface area contributed by atoms with Gasteiger partial charge in [0, 0.05) is 29.1 Å². The Kier molecular flexibility index (Phi) is 6.29. The summed E-state index contributed by atoms with van der Waals surface area (Å²) in [6.45, 7) is 3.91. The third-order valence-electron chi connectivity index (χ3n) is 5.70. The Bertz CT molecular complexity index is 1390. The van der Waals surface area contributed by atoms with E-state index < -0.39 is 0 Å². The van der Waals surface area contributed by atoms with Gasteiger partial charge in [0.25, 0.3) is 5.91 Å². The summed E-state index contributed by atoms with van der Waals surface area (Å²) in [4.78, 5) is 34.6. The molecule has 0 atom stereocenters. The Morgan fingerprint density at radius 1 is 0.943 bits per heavy atom. The molecule has 1 fully saturated rings. The number of aryl methyl sites for hydroxylation is 2. The van der Waals surface area contributed by atoms with Crippen LogP contribution in [0.2, 0.25) is 0 Å². The molecule has 0 bridgehead atoms. The molecule has 0 radical (unpaired) electrons. The number of nitrogens with zero attached hydrogens (tertiary/aromatic N) is 2. The minimum Gasteiger partial charge on any atom is -0.340 e. The normalized spacial score (nSPS) is 12.7. The second kappa shape index (κ2) is 9.68. The summed E-state index contributed by atoms with van der Waals surface area (Å²) in [5.41, 5.74) is 5.06. The summed E-state index contributed by atoms with van der Waals surface area (Å²) in [6, 6.07) is 18.9. The number of aromatic nitrogens is 2. The van der Waals surface area contributed by atoms with Crippen LogP contribution in [-0.4, -0.2) is 21.8 Å². The van der Waals surface area contributed by atoms with Gasteiger partial charge in [0.15, 0.2) is 5.13 Å². The van der Waals surface area contributed by atoms with Crippen molar-refractivity contribution in [3.63, 3.8) is 0 Å². The Hall–Kier alpha value is -4.04. The number of carbonyl (C=O) groups excluding carboxylic acids is 2. The van der Waals surface area contributed by atoms with Gasteiger partial charge in [-0.3, -0.25) is 14.9 Å². The summed E-state index contributed by atoms with van der Waals surface area (Å²) >= 11 is 1.43. The number of hydrogen-bond donors (Lipinski definition) is 3. The molecular weight excluding hydrogens is 458 g/mol. The maximum Gasteiger partial charge on any atom is 0.257 e. The van der Waals surface area contributed by atoms with Crippen LogP contribution in [0.15, 0.2) is 66.9 Å². The number of hydrogen-bond acceptors (Lipinski definition) is 6.